The molecule has 0 atom stereocenters. The van der Waals surface area contributed by atoms with Crippen LogP contribution in [0, 0.1) is 0 Å². The maximum atomic E-state index is 13.0. The van der Waals surface area contributed by atoms with E-state index in [1.165, 1.54) is 0 Å². The van der Waals surface area contributed by atoms with Gasteiger partial charge in [-0.15, -0.1) is 0 Å². The van der Waals surface area contributed by atoms with Crippen LogP contribution >= 0.6 is 0 Å². The Hall–Kier alpha value is -3.28. The summed E-state index contributed by atoms with van der Waals surface area (Å²) < 4.78 is 12.7. The van der Waals surface area contributed by atoms with Crippen molar-refractivity contribution in [1.82, 2.24) is 9.78 Å². The number of aryl methyl sites for hydroxylation is 1. The Morgan fingerprint density at radius 1 is 1.14 bits per heavy atom. The van der Waals surface area contributed by atoms with Crippen LogP contribution in [0.5, 0.6) is 11.5 Å². The summed E-state index contributed by atoms with van der Waals surface area (Å²) in [6, 6.07) is 15.1. The average molecular weight is 377 g/mol. The number of para-hydroxylation sites is 1. The van der Waals surface area contributed by atoms with Crippen LogP contribution in [-0.2, 0) is 12.8 Å². The van der Waals surface area contributed by atoms with Crippen LogP contribution in [0.4, 0.5) is 5.82 Å². The van der Waals surface area contributed by atoms with Gasteiger partial charge in [-0.2, -0.15) is 5.10 Å². The summed E-state index contributed by atoms with van der Waals surface area (Å²) in [5, 5.41) is 7.82. The fourth-order valence-electron chi connectivity index (χ4n) is 3.54. The molecule has 0 unspecified atom stereocenters. The number of anilines is 1. The molecule has 28 heavy (non-hydrogen) atoms. The Labute approximate surface area is 164 Å². The first-order valence-electron chi connectivity index (χ1n) is 9.49. The molecule has 0 saturated heterocycles. The maximum absolute atomic E-state index is 13.0. The maximum Gasteiger partial charge on any atom is 0.256 e. The van der Waals surface area contributed by atoms with E-state index in [1.54, 1.807) is 25.3 Å². The molecule has 2 aromatic carbocycles. The van der Waals surface area contributed by atoms with Crippen LogP contribution < -0.4 is 14.8 Å². The summed E-state index contributed by atoms with van der Waals surface area (Å²) in [7, 11) is 1.58. The SMILES string of the molecule is CCOc1cc(C(=O)Nc2c3c(nn2-c2ccccc2)CCC3)ccc1OC. The number of nitrogens with zero attached hydrogens (tertiary/aromatic N) is 2. The first-order valence-corrected chi connectivity index (χ1v) is 9.49. The van der Waals surface area contributed by atoms with Crippen molar-refractivity contribution in [3.05, 3.63) is 65.4 Å². The number of aromatic nitrogens is 2. The largest absolute Gasteiger partial charge is 0.493 e. The standard InChI is InChI=1S/C22H23N3O3/c1-3-28-20-14-15(12-13-19(20)27-2)22(26)23-21-17-10-7-11-18(17)24-25(21)16-8-5-4-6-9-16/h4-6,8-9,12-14H,3,7,10-11H2,1-2H3,(H,23,26). The highest BCUT2D eigenvalue weighted by molar-refractivity contribution is 6.04. The van der Waals surface area contributed by atoms with Gasteiger partial charge in [0.1, 0.15) is 5.82 Å². The third kappa shape index (κ3) is 3.33. The molecule has 4 rings (SSSR count). The Morgan fingerprint density at radius 2 is 1.96 bits per heavy atom. The van der Waals surface area contributed by atoms with E-state index in [4.69, 9.17) is 14.6 Å². The van der Waals surface area contributed by atoms with Gasteiger partial charge >= 0.3 is 0 Å². The molecule has 144 valence electrons. The Balaban J connectivity index is 1.68. The van der Waals surface area contributed by atoms with E-state index in [0.29, 0.717) is 23.7 Å². The third-order valence-electron chi connectivity index (χ3n) is 4.87. The number of methoxy groups -OCH3 is 1. The number of amides is 1. The molecule has 0 aliphatic heterocycles. The van der Waals surface area contributed by atoms with Crippen molar-refractivity contribution < 1.29 is 14.3 Å². The van der Waals surface area contributed by atoms with Gasteiger partial charge in [-0.1, -0.05) is 18.2 Å². The first kappa shape index (κ1) is 18.1. The minimum Gasteiger partial charge on any atom is -0.493 e. The fraction of sp³-hybridized carbons (Fsp3) is 0.273. The molecule has 1 aromatic heterocycles. The van der Waals surface area contributed by atoms with Crippen molar-refractivity contribution in [3.63, 3.8) is 0 Å². The van der Waals surface area contributed by atoms with Gasteiger partial charge in [0.2, 0.25) is 0 Å². The van der Waals surface area contributed by atoms with Gasteiger partial charge in [0.25, 0.3) is 5.91 Å². The zero-order chi connectivity index (χ0) is 19.5. The molecule has 0 radical (unpaired) electrons. The van der Waals surface area contributed by atoms with Crippen molar-refractivity contribution in [3.8, 4) is 17.2 Å². The van der Waals surface area contributed by atoms with Crippen LogP contribution in [0.15, 0.2) is 48.5 Å². The molecule has 3 aromatic rings. The molecular weight excluding hydrogens is 354 g/mol. The van der Waals surface area contributed by atoms with E-state index in [-0.39, 0.29) is 5.91 Å². The van der Waals surface area contributed by atoms with E-state index in [0.717, 1.165) is 42.0 Å². The number of benzene rings is 2. The normalized spacial score (nSPS) is 12.5. The zero-order valence-electron chi connectivity index (χ0n) is 16.1. The minimum absolute atomic E-state index is 0.199. The van der Waals surface area contributed by atoms with E-state index in [1.807, 2.05) is 41.9 Å². The molecule has 0 bridgehead atoms. The third-order valence-corrected chi connectivity index (χ3v) is 4.87. The highest BCUT2D eigenvalue weighted by Gasteiger charge is 2.24. The fourth-order valence-corrected chi connectivity index (χ4v) is 3.54. The van der Waals surface area contributed by atoms with Crippen molar-refractivity contribution in [2.45, 2.75) is 26.2 Å². The minimum atomic E-state index is -0.199. The number of ether oxygens (including phenoxy) is 2. The molecule has 1 N–H and O–H groups in total. The number of rotatable bonds is 6. The number of carbonyl (C=O) groups is 1. The van der Waals surface area contributed by atoms with Crippen molar-refractivity contribution >= 4 is 11.7 Å². The molecule has 6 nitrogen and oxygen atoms in total. The van der Waals surface area contributed by atoms with Gasteiger partial charge in [0.15, 0.2) is 11.5 Å². The second-order valence-electron chi connectivity index (χ2n) is 6.63. The average Bonchev–Trinajstić information content (AvgIpc) is 3.31. The second-order valence-corrected chi connectivity index (χ2v) is 6.63. The van der Waals surface area contributed by atoms with E-state index in [9.17, 15) is 4.79 Å². The summed E-state index contributed by atoms with van der Waals surface area (Å²) >= 11 is 0. The smallest absolute Gasteiger partial charge is 0.256 e. The topological polar surface area (TPSA) is 65.4 Å². The Bertz CT molecular complexity index is 996. The van der Waals surface area contributed by atoms with Gasteiger partial charge in [-0.05, 0) is 56.5 Å². The molecule has 6 heteroatoms. The number of nitrogens with one attached hydrogen (secondary N) is 1. The van der Waals surface area contributed by atoms with Gasteiger partial charge in [-0.3, -0.25) is 4.79 Å². The van der Waals surface area contributed by atoms with Gasteiger partial charge < -0.3 is 14.8 Å². The summed E-state index contributed by atoms with van der Waals surface area (Å²) in [5.74, 6) is 1.71. The molecule has 0 fully saturated rings. The zero-order valence-corrected chi connectivity index (χ0v) is 16.1. The number of carbonyl (C=O) groups excluding carboxylic acids is 1. The lowest BCUT2D eigenvalue weighted by atomic mass is 10.1. The molecule has 1 amide bonds. The molecule has 0 spiro atoms. The lowest BCUT2D eigenvalue weighted by Gasteiger charge is -2.13. The molecule has 1 aliphatic rings. The van der Waals surface area contributed by atoms with E-state index >= 15 is 0 Å². The second kappa shape index (κ2) is 7.76. The Morgan fingerprint density at radius 3 is 2.71 bits per heavy atom. The van der Waals surface area contributed by atoms with Gasteiger partial charge in [-0.25, -0.2) is 4.68 Å². The number of hydrogen-bond donors (Lipinski definition) is 1. The van der Waals surface area contributed by atoms with Gasteiger partial charge in [0, 0.05) is 11.1 Å². The monoisotopic (exact) mass is 377 g/mol. The summed E-state index contributed by atoms with van der Waals surface area (Å²) in [6.45, 7) is 2.39. The van der Waals surface area contributed by atoms with Crippen molar-refractivity contribution in [2.24, 2.45) is 0 Å². The number of fused-ring (bicyclic) bond motifs is 1. The highest BCUT2D eigenvalue weighted by Crippen LogP contribution is 2.32. The predicted octanol–water partition coefficient (Wildman–Crippen LogP) is 4.02. The number of hydrogen-bond acceptors (Lipinski definition) is 4. The molecule has 1 heterocycles. The lowest BCUT2D eigenvalue weighted by Crippen LogP contribution is -2.16. The van der Waals surface area contributed by atoms with Crippen LogP contribution in [0.25, 0.3) is 5.69 Å². The first-order chi connectivity index (χ1) is 13.7. The summed E-state index contributed by atoms with van der Waals surface area (Å²) in [5.41, 5.74) is 3.62. The molecular formula is C22H23N3O3. The Kier molecular flexibility index (Phi) is 5.02. The summed E-state index contributed by atoms with van der Waals surface area (Å²) in [4.78, 5) is 13.0. The lowest BCUT2D eigenvalue weighted by molar-refractivity contribution is 0.102. The van der Waals surface area contributed by atoms with Crippen LogP contribution in [0.1, 0.15) is 35.0 Å². The molecule has 1 aliphatic carbocycles. The summed E-state index contributed by atoms with van der Waals surface area (Å²) in [6.07, 6.45) is 2.92. The predicted molar refractivity (Wildman–Crippen MR) is 108 cm³/mol. The van der Waals surface area contributed by atoms with Crippen LogP contribution in [0.2, 0.25) is 0 Å². The van der Waals surface area contributed by atoms with Crippen molar-refractivity contribution in [2.75, 3.05) is 19.0 Å². The van der Waals surface area contributed by atoms with Crippen LogP contribution in [-0.4, -0.2) is 29.4 Å². The van der Waals surface area contributed by atoms with E-state index in [2.05, 4.69) is 5.32 Å². The van der Waals surface area contributed by atoms with E-state index < -0.39 is 0 Å². The van der Waals surface area contributed by atoms with Gasteiger partial charge in [0.05, 0.1) is 25.1 Å². The molecule has 0 saturated carbocycles. The quantitative estimate of drug-likeness (QED) is 0.705. The highest BCUT2D eigenvalue weighted by atomic mass is 16.5. The van der Waals surface area contributed by atoms with Crippen LogP contribution in [0.3, 0.4) is 0 Å². The van der Waals surface area contributed by atoms with Crippen molar-refractivity contribution in [1.29, 1.82) is 0 Å².